The predicted octanol–water partition coefficient (Wildman–Crippen LogP) is 4.73. The van der Waals surface area contributed by atoms with E-state index in [-0.39, 0.29) is 6.42 Å². The van der Waals surface area contributed by atoms with Crippen molar-refractivity contribution in [2.45, 2.75) is 44.9 Å². The van der Waals surface area contributed by atoms with Crippen LogP contribution in [0.2, 0.25) is 0 Å². The topological polar surface area (TPSA) is 73.9 Å². The van der Waals surface area contributed by atoms with Crippen molar-refractivity contribution in [2.24, 2.45) is 0 Å². The lowest BCUT2D eigenvalue weighted by Crippen LogP contribution is -2.53. The highest BCUT2D eigenvalue weighted by Crippen LogP contribution is 2.30. The van der Waals surface area contributed by atoms with Crippen molar-refractivity contribution in [1.29, 1.82) is 0 Å². The number of nitrogens with one attached hydrogen (secondary N) is 1. The average molecular weight is 411 g/mol. The van der Waals surface area contributed by atoms with Gasteiger partial charge in [0.05, 0.1) is 7.11 Å². The third kappa shape index (κ3) is 6.11. The Labute approximate surface area is 177 Å². The number of amides is 1. The number of ether oxygens (including phenoxy) is 3. The Morgan fingerprint density at radius 2 is 1.67 bits per heavy atom. The van der Waals surface area contributed by atoms with Gasteiger partial charge in [-0.05, 0) is 44.0 Å². The maximum Gasteiger partial charge on any atom is 0.408 e. The van der Waals surface area contributed by atoms with Crippen LogP contribution in [0.4, 0.5) is 4.79 Å². The summed E-state index contributed by atoms with van der Waals surface area (Å²) in [5.74, 6) is 0.0171. The predicted molar refractivity (Wildman–Crippen MR) is 115 cm³/mol. The first-order chi connectivity index (χ1) is 14.2. The molecule has 2 aromatic carbocycles. The lowest BCUT2D eigenvalue weighted by atomic mass is 9.86. The van der Waals surface area contributed by atoms with Gasteiger partial charge >= 0.3 is 12.1 Å². The first-order valence-electron chi connectivity index (χ1n) is 9.68. The van der Waals surface area contributed by atoms with E-state index in [9.17, 15) is 9.59 Å². The maximum absolute atomic E-state index is 12.7. The van der Waals surface area contributed by atoms with Gasteiger partial charge in [-0.1, -0.05) is 48.5 Å². The minimum atomic E-state index is -1.46. The summed E-state index contributed by atoms with van der Waals surface area (Å²) in [6.07, 6.45) is 0.955. The van der Waals surface area contributed by atoms with Gasteiger partial charge < -0.3 is 19.5 Å². The molecule has 0 aliphatic rings. The van der Waals surface area contributed by atoms with Crippen LogP contribution < -0.4 is 10.1 Å². The lowest BCUT2D eigenvalue weighted by molar-refractivity contribution is -0.149. The summed E-state index contributed by atoms with van der Waals surface area (Å²) in [4.78, 5) is 25.2. The van der Waals surface area contributed by atoms with Gasteiger partial charge in [-0.25, -0.2) is 9.59 Å². The lowest BCUT2D eigenvalue weighted by Gasteiger charge is -2.32. The number of carbonyl (C=O) groups excluding carboxylic acids is 2. The molecule has 0 radical (unpaired) electrons. The van der Waals surface area contributed by atoms with E-state index in [1.807, 2.05) is 30.3 Å². The number of hydrogen-bond donors (Lipinski definition) is 1. The molecule has 6 heteroatoms. The maximum atomic E-state index is 12.7. The highest BCUT2D eigenvalue weighted by molar-refractivity contribution is 5.87. The third-order valence-electron chi connectivity index (χ3n) is 4.29. The van der Waals surface area contributed by atoms with E-state index in [4.69, 9.17) is 14.2 Å². The fourth-order valence-corrected chi connectivity index (χ4v) is 2.94. The van der Waals surface area contributed by atoms with Crippen molar-refractivity contribution < 1.29 is 23.8 Å². The molecule has 0 saturated heterocycles. The summed E-state index contributed by atoms with van der Waals surface area (Å²) in [5.41, 5.74) is -0.595. The monoisotopic (exact) mass is 411 g/mol. The van der Waals surface area contributed by atoms with Gasteiger partial charge in [0, 0.05) is 6.42 Å². The van der Waals surface area contributed by atoms with Crippen molar-refractivity contribution in [3.05, 3.63) is 78.4 Å². The second-order valence-electron chi connectivity index (χ2n) is 7.82. The molecule has 0 heterocycles. The fraction of sp³-hybridized carbons (Fsp3) is 0.333. The standard InChI is InChI=1S/C24H29NO5/c1-6-16-24(21(26)28-5,25-22(27)30-23(2,3)4)19-12-14-20(15-13-19)29-17-18-10-8-7-9-11-18/h6-15H,1,16-17H2,2-5H3,(H,25,27). The number of carbonyl (C=O) groups is 2. The molecule has 1 N–H and O–H groups in total. The Kier molecular flexibility index (Phi) is 7.64. The molecule has 0 aliphatic heterocycles. The van der Waals surface area contributed by atoms with Gasteiger partial charge in [0.25, 0.3) is 0 Å². The Hall–Kier alpha value is -3.28. The molecular weight excluding hydrogens is 382 g/mol. The normalized spacial score (nSPS) is 12.9. The second-order valence-corrected chi connectivity index (χ2v) is 7.82. The number of benzene rings is 2. The summed E-state index contributed by atoms with van der Waals surface area (Å²) < 4.78 is 16.2. The van der Waals surface area contributed by atoms with Crippen LogP contribution in [0.1, 0.15) is 38.3 Å². The van der Waals surface area contributed by atoms with Crippen LogP contribution in [-0.4, -0.2) is 24.8 Å². The molecule has 0 saturated carbocycles. The van der Waals surface area contributed by atoms with Gasteiger partial charge in [0.1, 0.15) is 18.0 Å². The van der Waals surface area contributed by atoms with Crippen LogP contribution in [0.25, 0.3) is 0 Å². The minimum Gasteiger partial charge on any atom is -0.489 e. The van der Waals surface area contributed by atoms with Crippen LogP contribution in [0.5, 0.6) is 5.75 Å². The zero-order valence-corrected chi connectivity index (χ0v) is 17.9. The molecule has 0 aromatic heterocycles. The van der Waals surface area contributed by atoms with Gasteiger partial charge in [-0.15, -0.1) is 6.58 Å². The summed E-state index contributed by atoms with van der Waals surface area (Å²) in [6.45, 7) is 9.39. The van der Waals surface area contributed by atoms with Gasteiger partial charge in [-0.3, -0.25) is 0 Å². The minimum absolute atomic E-state index is 0.128. The highest BCUT2D eigenvalue weighted by atomic mass is 16.6. The van der Waals surface area contributed by atoms with Crippen molar-refractivity contribution in [3.63, 3.8) is 0 Å². The zero-order chi connectivity index (χ0) is 22.2. The van der Waals surface area contributed by atoms with Crippen LogP contribution in [-0.2, 0) is 26.4 Å². The smallest absolute Gasteiger partial charge is 0.408 e. The van der Waals surface area contributed by atoms with E-state index in [1.165, 1.54) is 7.11 Å². The number of alkyl carbamates (subject to hydrolysis) is 1. The van der Waals surface area contributed by atoms with Gasteiger partial charge in [-0.2, -0.15) is 0 Å². The summed E-state index contributed by atoms with van der Waals surface area (Å²) in [5, 5.41) is 2.68. The van der Waals surface area contributed by atoms with E-state index < -0.39 is 23.2 Å². The van der Waals surface area contributed by atoms with Gasteiger partial charge in [0.2, 0.25) is 0 Å². The Morgan fingerprint density at radius 3 is 2.20 bits per heavy atom. The molecular formula is C24H29NO5. The molecule has 0 bridgehead atoms. The zero-order valence-electron chi connectivity index (χ0n) is 17.9. The van der Waals surface area contributed by atoms with Crippen LogP contribution in [0.3, 0.4) is 0 Å². The summed E-state index contributed by atoms with van der Waals surface area (Å²) in [7, 11) is 1.27. The SMILES string of the molecule is C=CCC(NC(=O)OC(C)(C)C)(C(=O)OC)c1ccc(OCc2ccccc2)cc1. The first kappa shape index (κ1) is 23.0. The molecule has 1 amide bonds. The van der Waals surface area contributed by atoms with E-state index in [0.29, 0.717) is 17.9 Å². The molecule has 1 unspecified atom stereocenters. The number of hydrogen-bond acceptors (Lipinski definition) is 5. The van der Waals surface area contributed by atoms with Crippen molar-refractivity contribution in [2.75, 3.05) is 7.11 Å². The Balaban J connectivity index is 2.27. The Morgan fingerprint density at radius 1 is 1.03 bits per heavy atom. The van der Waals surface area contributed by atoms with Crippen molar-refractivity contribution >= 4 is 12.1 Å². The van der Waals surface area contributed by atoms with E-state index in [2.05, 4.69) is 11.9 Å². The van der Waals surface area contributed by atoms with E-state index >= 15 is 0 Å². The van der Waals surface area contributed by atoms with Crippen molar-refractivity contribution in [1.82, 2.24) is 5.32 Å². The first-order valence-corrected chi connectivity index (χ1v) is 9.68. The number of methoxy groups -OCH3 is 1. The van der Waals surface area contributed by atoms with E-state index in [1.54, 1.807) is 51.1 Å². The molecule has 2 aromatic rings. The largest absolute Gasteiger partial charge is 0.489 e. The number of rotatable bonds is 8. The number of esters is 1. The fourth-order valence-electron chi connectivity index (χ4n) is 2.94. The van der Waals surface area contributed by atoms with E-state index in [0.717, 1.165) is 5.56 Å². The average Bonchev–Trinajstić information content (AvgIpc) is 2.71. The molecule has 0 aliphatic carbocycles. The molecule has 2 rings (SSSR count). The molecule has 0 fully saturated rings. The molecule has 160 valence electrons. The second kappa shape index (κ2) is 9.96. The van der Waals surface area contributed by atoms with Crippen LogP contribution in [0, 0.1) is 0 Å². The van der Waals surface area contributed by atoms with Crippen LogP contribution in [0.15, 0.2) is 67.3 Å². The third-order valence-corrected chi connectivity index (χ3v) is 4.29. The van der Waals surface area contributed by atoms with Gasteiger partial charge in [0.15, 0.2) is 5.54 Å². The highest BCUT2D eigenvalue weighted by Gasteiger charge is 2.43. The summed E-state index contributed by atoms with van der Waals surface area (Å²) >= 11 is 0. The molecule has 6 nitrogen and oxygen atoms in total. The van der Waals surface area contributed by atoms with Crippen molar-refractivity contribution in [3.8, 4) is 5.75 Å². The summed E-state index contributed by atoms with van der Waals surface area (Å²) in [6, 6.07) is 16.7. The van der Waals surface area contributed by atoms with Crippen LogP contribution >= 0.6 is 0 Å². The molecule has 30 heavy (non-hydrogen) atoms. The quantitative estimate of drug-likeness (QED) is 0.502. The Bertz CT molecular complexity index is 855. The molecule has 1 atom stereocenters. The molecule has 0 spiro atoms.